The Kier molecular flexibility index (Phi) is 5.71. The Morgan fingerprint density at radius 2 is 2.12 bits per heavy atom. The van der Waals surface area contributed by atoms with Gasteiger partial charge in [0.2, 0.25) is 0 Å². The summed E-state index contributed by atoms with van der Waals surface area (Å²) in [4.78, 5) is 27.5. The predicted octanol–water partition coefficient (Wildman–Crippen LogP) is 4.24. The smallest absolute Gasteiger partial charge is 0.264 e. The number of thioether (sulfide) groups is 1. The van der Waals surface area contributed by atoms with E-state index in [9.17, 15) is 4.79 Å². The molecule has 2 aliphatic rings. The third-order valence-corrected chi connectivity index (χ3v) is 6.69. The average molecular weight is 448 g/mol. The van der Waals surface area contributed by atoms with Crippen molar-refractivity contribution in [2.75, 3.05) is 20.1 Å². The van der Waals surface area contributed by atoms with Crippen molar-refractivity contribution in [2.24, 2.45) is 4.99 Å². The molecule has 0 spiro atoms. The number of likely N-dealkylation sites (tertiary alicyclic amines) is 1. The zero-order chi connectivity index (χ0) is 22.1. The van der Waals surface area contributed by atoms with Crippen LogP contribution in [0.5, 0.6) is 5.75 Å². The molecule has 2 aromatic heterocycles. The number of aromatic amines is 1. The van der Waals surface area contributed by atoms with E-state index in [1.54, 1.807) is 6.20 Å². The standard InChI is InChI=1S/C24H25N5O2S/c1-15-12-18(31-17-7-10-29(2)11-8-17)5-6-20(15)27-24-28-23(30)21(32-24)13-16-14-26-22-19(16)4-3-9-25-22/h3-6,9,12-14,17H,7-8,10-11H2,1-2H3,(H,25,26)(H,27,28,30)/b21-13-. The minimum absolute atomic E-state index is 0.146. The van der Waals surface area contributed by atoms with Gasteiger partial charge in [-0.25, -0.2) is 9.98 Å². The van der Waals surface area contributed by atoms with E-state index in [0.29, 0.717) is 10.1 Å². The van der Waals surface area contributed by atoms with Crippen LogP contribution in [-0.4, -0.2) is 52.2 Å². The van der Waals surface area contributed by atoms with Crippen LogP contribution >= 0.6 is 11.8 Å². The fourth-order valence-corrected chi connectivity index (χ4v) is 4.78. The van der Waals surface area contributed by atoms with Crippen LogP contribution in [-0.2, 0) is 4.79 Å². The molecule has 8 heteroatoms. The number of piperidine rings is 1. The highest BCUT2D eigenvalue weighted by Gasteiger charge is 2.24. The van der Waals surface area contributed by atoms with Gasteiger partial charge in [-0.1, -0.05) is 0 Å². The number of pyridine rings is 1. The van der Waals surface area contributed by atoms with Crippen molar-refractivity contribution in [1.29, 1.82) is 0 Å². The lowest BCUT2D eigenvalue weighted by atomic mass is 10.1. The molecule has 0 aliphatic carbocycles. The van der Waals surface area contributed by atoms with Gasteiger partial charge in [0, 0.05) is 36.4 Å². The molecule has 0 radical (unpaired) electrons. The molecule has 7 nitrogen and oxygen atoms in total. The maximum absolute atomic E-state index is 12.5. The summed E-state index contributed by atoms with van der Waals surface area (Å²) < 4.78 is 6.17. The number of amidine groups is 1. The third kappa shape index (κ3) is 4.42. The summed E-state index contributed by atoms with van der Waals surface area (Å²) in [5.41, 5.74) is 3.56. The fraction of sp³-hybridized carbons (Fsp3) is 0.292. The minimum Gasteiger partial charge on any atom is -0.490 e. The molecule has 164 valence electrons. The summed E-state index contributed by atoms with van der Waals surface area (Å²) in [6.07, 6.45) is 7.83. The van der Waals surface area contributed by atoms with Crippen molar-refractivity contribution in [3.8, 4) is 5.75 Å². The molecule has 5 rings (SSSR count). The van der Waals surface area contributed by atoms with Gasteiger partial charge in [-0.05, 0) is 80.5 Å². The number of benzene rings is 1. The Labute approximate surface area is 191 Å². The van der Waals surface area contributed by atoms with E-state index in [0.717, 1.165) is 59.5 Å². The minimum atomic E-state index is -0.146. The largest absolute Gasteiger partial charge is 0.490 e. The van der Waals surface area contributed by atoms with Gasteiger partial charge in [0.25, 0.3) is 5.91 Å². The number of ether oxygens (including phenoxy) is 1. The Morgan fingerprint density at radius 3 is 2.94 bits per heavy atom. The second-order valence-corrected chi connectivity index (χ2v) is 9.22. The van der Waals surface area contributed by atoms with E-state index in [1.807, 2.05) is 49.5 Å². The normalized spacial score (nSPS) is 20.4. The lowest BCUT2D eigenvalue weighted by Gasteiger charge is -2.29. The van der Waals surface area contributed by atoms with Gasteiger partial charge >= 0.3 is 0 Å². The zero-order valence-corrected chi connectivity index (χ0v) is 18.9. The van der Waals surface area contributed by atoms with Crippen LogP contribution in [0.2, 0.25) is 0 Å². The molecule has 32 heavy (non-hydrogen) atoms. The van der Waals surface area contributed by atoms with Crippen molar-refractivity contribution in [1.82, 2.24) is 20.2 Å². The summed E-state index contributed by atoms with van der Waals surface area (Å²) in [6, 6.07) is 9.80. The van der Waals surface area contributed by atoms with E-state index in [1.165, 1.54) is 11.8 Å². The number of carbonyl (C=O) groups is 1. The quantitative estimate of drug-likeness (QED) is 0.585. The van der Waals surface area contributed by atoms with Crippen molar-refractivity contribution in [3.63, 3.8) is 0 Å². The predicted molar refractivity (Wildman–Crippen MR) is 129 cm³/mol. The number of nitrogens with zero attached hydrogens (tertiary/aromatic N) is 3. The van der Waals surface area contributed by atoms with Gasteiger partial charge in [0.05, 0.1) is 10.6 Å². The highest BCUT2D eigenvalue weighted by Crippen LogP contribution is 2.32. The van der Waals surface area contributed by atoms with Gasteiger partial charge in [0.1, 0.15) is 17.5 Å². The first-order valence-corrected chi connectivity index (χ1v) is 11.5. The lowest BCUT2D eigenvalue weighted by Crippen LogP contribution is -2.35. The summed E-state index contributed by atoms with van der Waals surface area (Å²) in [5.74, 6) is 0.726. The van der Waals surface area contributed by atoms with Crippen LogP contribution in [0.15, 0.2) is 52.6 Å². The van der Waals surface area contributed by atoms with Crippen LogP contribution in [0, 0.1) is 6.92 Å². The SMILES string of the molecule is Cc1cc(OC2CCN(C)CC2)ccc1/N=C1/NC(=O)/C(=C/c2c[nH]c3ncccc23)S1. The Bertz CT molecular complexity index is 1220. The van der Waals surface area contributed by atoms with E-state index in [4.69, 9.17) is 4.74 Å². The first kappa shape index (κ1) is 20.8. The van der Waals surface area contributed by atoms with Crippen LogP contribution in [0.1, 0.15) is 24.0 Å². The van der Waals surface area contributed by atoms with Crippen LogP contribution in [0.25, 0.3) is 17.1 Å². The van der Waals surface area contributed by atoms with Crippen LogP contribution in [0.4, 0.5) is 5.69 Å². The van der Waals surface area contributed by atoms with Crippen molar-refractivity contribution >= 4 is 45.6 Å². The summed E-state index contributed by atoms with van der Waals surface area (Å²) in [5, 5.41) is 4.43. The lowest BCUT2D eigenvalue weighted by molar-refractivity contribution is -0.115. The van der Waals surface area contributed by atoms with Gasteiger partial charge in [-0.15, -0.1) is 0 Å². The molecule has 2 aliphatic heterocycles. The van der Waals surface area contributed by atoms with Crippen molar-refractivity contribution < 1.29 is 9.53 Å². The molecule has 0 unspecified atom stereocenters. The van der Waals surface area contributed by atoms with E-state index < -0.39 is 0 Å². The summed E-state index contributed by atoms with van der Waals surface area (Å²) in [6.45, 7) is 4.15. The monoisotopic (exact) mass is 447 g/mol. The number of H-pyrrole nitrogens is 1. The maximum Gasteiger partial charge on any atom is 0.264 e. The molecule has 0 saturated carbocycles. The summed E-state index contributed by atoms with van der Waals surface area (Å²) in [7, 11) is 2.15. The molecule has 2 fully saturated rings. The third-order valence-electron chi connectivity index (χ3n) is 5.78. The number of fused-ring (bicyclic) bond motifs is 1. The second-order valence-electron chi connectivity index (χ2n) is 8.19. The molecule has 2 N–H and O–H groups in total. The van der Waals surface area contributed by atoms with Gasteiger partial charge in [0.15, 0.2) is 5.17 Å². The first-order valence-electron chi connectivity index (χ1n) is 10.7. The van der Waals surface area contributed by atoms with Gasteiger partial charge in [-0.3, -0.25) is 4.79 Å². The van der Waals surface area contributed by atoms with E-state index in [2.05, 4.69) is 32.2 Å². The number of amides is 1. The van der Waals surface area contributed by atoms with Gasteiger partial charge in [-0.2, -0.15) is 0 Å². The topological polar surface area (TPSA) is 82.6 Å². The molecular weight excluding hydrogens is 422 g/mol. The number of aromatic nitrogens is 2. The highest BCUT2D eigenvalue weighted by molar-refractivity contribution is 8.18. The number of carbonyl (C=O) groups excluding carboxylic acids is 1. The highest BCUT2D eigenvalue weighted by atomic mass is 32.2. The van der Waals surface area contributed by atoms with Crippen molar-refractivity contribution in [3.05, 3.63) is 58.8 Å². The number of nitrogens with one attached hydrogen (secondary N) is 2. The molecule has 1 aromatic carbocycles. The number of aryl methyl sites for hydroxylation is 1. The molecule has 4 heterocycles. The fourth-order valence-electron chi connectivity index (χ4n) is 3.95. The Hall–Kier alpha value is -3.10. The van der Waals surface area contributed by atoms with Crippen molar-refractivity contribution in [2.45, 2.75) is 25.9 Å². The number of hydrogen-bond donors (Lipinski definition) is 2. The Balaban J connectivity index is 1.30. The van der Waals surface area contributed by atoms with E-state index in [-0.39, 0.29) is 12.0 Å². The average Bonchev–Trinajstić information content (AvgIpc) is 3.35. The molecular formula is C24H25N5O2S. The zero-order valence-electron chi connectivity index (χ0n) is 18.1. The first-order chi connectivity index (χ1) is 15.5. The number of hydrogen-bond acceptors (Lipinski definition) is 6. The molecule has 1 amide bonds. The molecule has 3 aromatic rings. The molecule has 0 bridgehead atoms. The maximum atomic E-state index is 12.5. The Morgan fingerprint density at radius 1 is 1.28 bits per heavy atom. The molecule has 2 saturated heterocycles. The number of aliphatic imine (C=N–C) groups is 1. The van der Waals surface area contributed by atoms with Gasteiger partial charge < -0.3 is 19.9 Å². The van der Waals surface area contributed by atoms with Crippen LogP contribution in [0.3, 0.4) is 0 Å². The summed E-state index contributed by atoms with van der Waals surface area (Å²) >= 11 is 1.34. The number of rotatable bonds is 4. The molecule has 0 atom stereocenters. The second kappa shape index (κ2) is 8.80. The van der Waals surface area contributed by atoms with E-state index >= 15 is 0 Å². The van der Waals surface area contributed by atoms with Crippen LogP contribution < -0.4 is 10.1 Å².